The van der Waals surface area contributed by atoms with Gasteiger partial charge in [0.25, 0.3) is 5.91 Å². The van der Waals surface area contributed by atoms with E-state index in [0.29, 0.717) is 0 Å². The Hall–Kier alpha value is -2.18. The Morgan fingerprint density at radius 2 is 2.00 bits per heavy atom. The Bertz CT molecular complexity index is 980. The van der Waals surface area contributed by atoms with E-state index < -0.39 is 0 Å². The molecule has 0 spiro atoms. The van der Waals surface area contributed by atoms with E-state index in [9.17, 15) is 4.79 Å². The van der Waals surface area contributed by atoms with Crippen molar-refractivity contribution in [3.8, 4) is 0 Å². The summed E-state index contributed by atoms with van der Waals surface area (Å²) >= 11 is 3.50. The van der Waals surface area contributed by atoms with Gasteiger partial charge in [-0.25, -0.2) is 0 Å². The van der Waals surface area contributed by atoms with E-state index in [1.165, 1.54) is 10.5 Å². The lowest BCUT2D eigenvalue weighted by Gasteiger charge is -2.26. The van der Waals surface area contributed by atoms with Crippen molar-refractivity contribution in [1.82, 2.24) is 10.5 Å². The van der Waals surface area contributed by atoms with Gasteiger partial charge in [0, 0.05) is 26.9 Å². The van der Waals surface area contributed by atoms with Crippen LogP contribution in [0.4, 0.5) is 0 Å². The lowest BCUT2D eigenvalue weighted by atomic mass is 10.0. The molecule has 144 valence electrons. The molecular weight excluding hydrogens is 388 g/mol. The number of aromatic nitrogens is 1. The van der Waals surface area contributed by atoms with E-state index >= 15 is 0 Å². The van der Waals surface area contributed by atoms with Crippen molar-refractivity contribution in [3.05, 3.63) is 76.7 Å². The average molecular weight is 411 g/mol. The number of amides is 1. The van der Waals surface area contributed by atoms with Crippen LogP contribution in [-0.4, -0.2) is 16.8 Å². The molecule has 2 heterocycles. The van der Waals surface area contributed by atoms with Crippen molar-refractivity contribution >= 4 is 29.4 Å². The van der Waals surface area contributed by atoms with Crippen LogP contribution in [0.25, 0.3) is 0 Å². The van der Waals surface area contributed by atoms with Gasteiger partial charge in [0.2, 0.25) is 0 Å². The molecule has 0 aliphatic carbocycles. The van der Waals surface area contributed by atoms with Gasteiger partial charge in [0.15, 0.2) is 0 Å². The molecule has 0 fully saturated rings. The number of hydrogen-bond acceptors (Lipinski definition) is 5. The first-order chi connectivity index (χ1) is 13.6. The molecule has 2 aromatic carbocycles. The first kappa shape index (κ1) is 19.2. The van der Waals surface area contributed by atoms with Gasteiger partial charge in [-0.2, -0.15) is 0 Å². The first-order valence-corrected chi connectivity index (χ1v) is 11.3. The lowest BCUT2D eigenvalue weighted by molar-refractivity contribution is 0.0932. The van der Waals surface area contributed by atoms with Crippen LogP contribution in [0.5, 0.6) is 0 Å². The number of nitrogens with zero attached hydrogens (tertiary/aromatic N) is 1. The summed E-state index contributed by atoms with van der Waals surface area (Å²) < 4.78 is 5.25. The molecule has 1 aliphatic rings. The number of carbonyl (C=O) groups excluding carboxylic acids is 1. The van der Waals surface area contributed by atoms with E-state index in [1.807, 2.05) is 55.9 Å². The van der Waals surface area contributed by atoms with Gasteiger partial charge in [0.05, 0.1) is 17.3 Å². The minimum absolute atomic E-state index is 0.0198. The standard InChI is InChI=1S/C22H22N2O2S2/c1-14-18(15(2)26-24-14)13-28-21-10-6-4-8-17(21)22(25)23-19-11-12-27-20-9-5-3-7-16(19)20/h3-10,19H,11-13H2,1-2H3,(H,23,25)/t19-/m0/s1. The molecule has 1 aromatic heterocycles. The third-order valence-electron chi connectivity index (χ3n) is 4.95. The van der Waals surface area contributed by atoms with Crippen molar-refractivity contribution in [2.24, 2.45) is 0 Å². The Labute approximate surface area is 173 Å². The topological polar surface area (TPSA) is 55.1 Å². The molecule has 6 heteroatoms. The average Bonchev–Trinajstić information content (AvgIpc) is 3.04. The van der Waals surface area contributed by atoms with Crippen LogP contribution in [0.1, 0.15) is 45.4 Å². The van der Waals surface area contributed by atoms with Crippen molar-refractivity contribution in [2.45, 2.75) is 41.9 Å². The number of hydrogen-bond donors (Lipinski definition) is 1. The largest absolute Gasteiger partial charge is 0.361 e. The van der Waals surface area contributed by atoms with Gasteiger partial charge < -0.3 is 9.84 Å². The molecule has 0 radical (unpaired) electrons. The molecule has 3 aromatic rings. The number of thioether (sulfide) groups is 2. The van der Waals surface area contributed by atoms with Crippen molar-refractivity contribution in [3.63, 3.8) is 0 Å². The molecule has 0 bridgehead atoms. The summed E-state index contributed by atoms with van der Waals surface area (Å²) in [6, 6.07) is 16.2. The zero-order valence-corrected chi connectivity index (χ0v) is 17.5. The second-order valence-corrected chi connectivity index (χ2v) is 8.94. The Morgan fingerprint density at radius 3 is 2.82 bits per heavy atom. The maximum atomic E-state index is 13.1. The van der Waals surface area contributed by atoms with E-state index in [0.717, 1.165) is 45.4 Å². The summed E-state index contributed by atoms with van der Waals surface area (Å²) in [5, 5.41) is 7.27. The number of carbonyl (C=O) groups is 1. The molecular formula is C22H22N2O2S2. The van der Waals surface area contributed by atoms with Gasteiger partial charge in [-0.05, 0) is 44.0 Å². The van der Waals surface area contributed by atoms with Crippen molar-refractivity contribution < 1.29 is 9.32 Å². The van der Waals surface area contributed by atoms with Gasteiger partial charge >= 0.3 is 0 Å². The van der Waals surface area contributed by atoms with Gasteiger partial charge in [-0.15, -0.1) is 23.5 Å². The number of fused-ring (bicyclic) bond motifs is 1. The zero-order chi connectivity index (χ0) is 19.5. The third-order valence-corrected chi connectivity index (χ3v) is 7.17. The minimum Gasteiger partial charge on any atom is -0.361 e. The Morgan fingerprint density at radius 1 is 1.21 bits per heavy atom. The summed E-state index contributed by atoms with van der Waals surface area (Å²) in [4.78, 5) is 15.3. The number of nitrogens with one attached hydrogen (secondary N) is 1. The maximum absolute atomic E-state index is 13.1. The van der Waals surface area contributed by atoms with E-state index in [-0.39, 0.29) is 11.9 Å². The molecule has 28 heavy (non-hydrogen) atoms. The van der Waals surface area contributed by atoms with E-state index in [4.69, 9.17) is 4.52 Å². The number of benzene rings is 2. The minimum atomic E-state index is -0.0198. The third kappa shape index (κ3) is 3.98. The molecule has 1 atom stereocenters. The maximum Gasteiger partial charge on any atom is 0.252 e. The highest BCUT2D eigenvalue weighted by Crippen LogP contribution is 2.36. The van der Waals surface area contributed by atoms with Gasteiger partial charge in [0.1, 0.15) is 5.76 Å². The molecule has 4 nitrogen and oxygen atoms in total. The van der Waals surface area contributed by atoms with Crippen LogP contribution >= 0.6 is 23.5 Å². The molecule has 1 N–H and O–H groups in total. The Kier molecular flexibility index (Phi) is 5.78. The molecule has 4 rings (SSSR count). The number of aryl methyl sites for hydroxylation is 2. The highest BCUT2D eigenvalue weighted by molar-refractivity contribution is 7.99. The van der Waals surface area contributed by atoms with Crippen LogP contribution in [-0.2, 0) is 5.75 Å². The number of rotatable bonds is 5. The van der Waals surface area contributed by atoms with Crippen LogP contribution in [0.3, 0.4) is 0 Å². The molecule has 1 amide bonds. The molecule has 1 aliphatic heterocycles. The second-order valence-electron chi connectivity index (χ2n) is 6.79. The summed E-state index contributed by atoms with van der Waals surface area (Å²) in [6.07, 6.45) is 0.946. The fourth-order valence-corrected chi connectivity index (χ4v) is 5.69. The van der Waals surface area contributed by atoms with Crippen LogP contribution in [0, 0.1) is 13.8 Å². The predicted molar refractivity (Wildman–Crippen MR) is 114 cm³/mol. The smallest absolute Gasteiger partial charge is 0.252 e. The summed E-state index contributed by atoms with van der Waals surface area (Å²) in [5.41, 5.74) is 3.93. The monoisotopic (exact) mass is 410 g/mol. The first-order valence-electron chi connectivity index (χ1n) is 9.29. The Balaban J connectivity index is 1.51. The summed E-state index contributed by atoms with van der Waals surface area (Å²) in [5.74, 6) is 2.57. The SMILES string of the molecule is Cc1noc(C)c1CSc1ccccc1C(=O)N[C@H]1CCSc2ccccc21. The predicted octanol–water partition coefficient (Wildman–Crippen LogP) is 5.55. The van der Waals surface area contributed by atoms with Gasteiger partial charge in [-0.1, -0.05) is 35.5 Å². The summed E-state index contributed by atoms with van der Waals surface area (Å²) in [6.45, 7) is 3.87. The molecule has 0 saturated heterocycles. The zero-order valence-electron chi connectivity index (χ0n) is 15.9. The molecule has 0 unspecified atom stereocenters. The van der Waals surface area contributed by atoms with Crippen LogP contribution < -0.4 is 5.32 Å². The normalized spacial score (nSPS) is 15.9. The van der Waals surface area contributed by atoms with E-state index in [2.05, 4.69) is 28.7 Å². The van der Waals surface area contributed by atoms with E-state index in [1.54, 1.807) is 11.8 Å². The lowest BCUT2D eigenvalue weighted by Crippen LogP contribution is -2.31. The quantitative estimate of drug-likeness (QED) is 0.559. The summed E-state index contributed by atoms with van der Waals surface area (Å²) in [7, 11) is 0. The molecule has 0 saturated carbocycles. The fraction of sp³-hybridized carbons (Fsp3) is 0.273. The fourth-order valence-electron chi connectivity index (χ4n) is 3.37. The van der Waals surface area contributed by atoms with Crippen molar-refractivity contribution in [1.29, 1.82) is 0 Å². The van der Waals surface area contributed by atoms with Crippen molar-refractivity contribution in [2.75, 3.05) is 5.75 Å². The van der Waals surface area contributed by atoms with Crippen LogP contribution in [0.2, 0.25) is 0 Å². The second kappa shape index (κ2) is 8.45. The van der Waals surface area contributed by atoms with Gasteiger partial charge in [-0.3, -0.25) is 4.79 Å². The highest BCUT2D eigenvalue weighted by atomic mass is 32.2. The highest BCUT2D eigenvalue weighted by Gasteiger charge is 2.23. The van der Waals surface area contributed by atoms with Crippen LogP contribution in [0.15, 0.2) is 62.8 Å².